The van der Waals surface area contributed by atoms with E-state index < -0.39 is 18.3 Å². The third-order valence-corrected chi connectivity index (χ3v) is 3.19. The van der Waals surface area contributed by atoms with E-state index in [1.807, 2.05) is 6.92 Å². The lowest BCUT2D eigenvalue weighted by Gasteiger charge is -2.29. The third kappa shape index (κ3) is 3.94. The van der Waals surface area contributed by atoms with Crippen molar-refractivity contribution in [3.63, 3.8) is 0 Å². The topological polar surface area (TPSA) is 60.9 Å². The van der Waals surface area contributed by atoms with Gasteiger partial charge in [-0.1, -0.05) is 13.8 Å². The van der Waals surface area contributed by atoms with Crippen molar-refractivity contribution in [2.45, 2.75) is 52.6 Å². The summed E-state index contributed by atoms with van der Waals surface area (Å²) in [7, 11) is 0. The Bertz CT molecular complexity index is 395. The van der Waals surface area contributed by atoms with E-state index in [4.69, 9.17) is 0 Å². The van der Waals surface area contributed by atoms with E-state index in [2.05, 4.69) is 15.5 Å². The predicted molar refractivity (Wildman–Crippen MR) is 65.6 cm³/mol. The number of hydrogen-bond acceptors (Lipinski definition) is 3. The summed E-state index contributed by atoms with van der Waals surface area (Å²) in [6, 6.07) is -1.05. The first-order valence-electron chi connectivity index (χ1n) is 6.13. The van der Waals surface area contributed by atoms with Crippen molar-refractivity contribution in [1.82, 2.24) is 15.5 Å². The molecule has 19 heavy (non-hydrogen) atoms. The fraction of sp³-hybridized carbons (Fsp3) is 0.750. The second-order valence-corrected chi connectivity index (χ2v) is 5.05. The van der Waals surface area contributed by atoms with Crippen molar-refractivity contribution < 1.29 is 18.3 Å². The maximum Gasteiger partial charge on any atom is 0.415 e. The van der Waals surface area contributed by atoms with E-state index in [1.54, 1.807) is 20.8 Å². The van der Waals surface area contributed by atoms with Gasteiger partial charge in [-0.05, 0) is 19.8 Å². The molecule has 0 aromatic carbocycles. The summed E-state index contributed by atoms with van der Waals surface area (Å²) in [4.78, 5) is 0. The Morgan fingerprint density at radius 2 is 1.89 bits per heavy atom. The Labute approximate surface area is 110 Å². The molecular formula is C12H20F3N3O. The highest BCUT2D eigenvalue weighted by molar-refractivity contribution is 5.22. The van der Waals surface area contributed by atoms with Crippen LogP contribution in [0.2, 0.25) is 0 Å². The first-order valence-corrected chi connectivity index (χ1v) is 6.13. The van der Waals surface area contributed by atoms with Gasteiger partial charge in [0.2, 0.25) is 0 Å². The van der Waals surface area contributed by atoms with Gasteiger partial charge >= 0.3 is 6.18 Å². The van der Waals surface area contributed by atoms with E-state index in [1.165, 1.54) is 0 Å². The number of aromatic amines is 1. The SMILES string of the molecule is Cc1n[nH]c(C)c1CN[C@@H](C(C)C)[C@H](O)C(F)(F)F. The highest BCUT2D eigenvalue weighted by Crippen LogP contribution is 2.25. The highest BCUT2D eigenvalue weighted by atomic mass is 19.4. The molecule has 0 radical (unpaired) electrons. The number of aliphatic hydroxyl groups excluding tert-OH is 1. The molecule has 0 aliphatic carbocycles. The van der Waals surface area contributed by atoms with Crippen LogP contribution in [-0.4, -0.2) is 33.6 Å². The van der Waals surface area contributed by atoms with E-state index >= 15 is 0 Å². The largest absolute Gasteiger partial charge is 0.415 e. The minimum atomic E-state index is -4.62. The van der Waals surface area contributed by atoms with Crippen molar-refractivity contribution >= 4 is 0 Å². The van der Waals surface area contributed by atoms with Crippen molar-refractivity contribution in [2.24, 2.45) is 5.92 Å². The Morgan fingerprint density at radius 1 is 1.32 bits per heavy atom. The van der Waals surface area contributed by atoms with Crippen molar-refractivity contribution in [3.05, 3.63) is 17.0 Å². The number of alkyl halides is 3. The number of H-pyrrole nitrogens is 1. The van der Waals surface area contributed by atoms with Crippen molar-refractivity contribution in [1.29, 1.82) is 0 Å². The summed E-state index contributed by atoms with van der Waals surface area (Å²) >= 11 is 0. The zero-order valence-corrected chi connectivity index (χ0v) is 11.5. The molecule has 0 saturated carbocycles. The normalized spacial score (nSPS) is 15.8. The number of rotatable bonds is 5. The number of aryl methyl sites for hydroxylation is 2. The molecule has 4 nitrogen and oxygen atoms in total. The minimum Gasteiger partial charge on any atom is -0.382 e. The van der Waals surface area contributed by atoms with Crippen LogP contribution in [0.4, 0.5) is 13.2 Å². The van der Waals surface area contributed by atoms with E-state index in [-0.39, 0.29) is 12.5 Å². The van der Waals surface area contributed by atoms with Gasteiger partial charge in [0.25, 0.3) is 0 Å². The van der Waals surface area contributed by atoms with Crippen LogP contribution in [0, 0.1) is 19.8 Å². The maximum atomic E-state index is 12.6. The van der Waals surface area contributed by atoms with Gasteiger partial charge in [-0.15, -0.1) is 0 Å². The maximum absolute atomic E-state index is 12.6. The zero-order valence-electron chi connectivity index (χ0n) is 11.5. The number of aromatic nitrogens is 2. The lowest BCUT2D eigenvalue weighted by molar-refractivity contribution is -0.215. The van der Waals surface area contributed by atoms with Crippen LogP contribution in [0.15, 0.2) is 0 Å². The molecule has 1 heterocycles. The van der Waals surface area contributed by atoms with Gasteiger partial charge in [0.05, 0.1) is 5.69 Å². The van der Waals surface area contributed by atoms with Gasteiger partial charge in [0, 0.05) is 23.8 Å². The summed E-state index contributed by atoms with van der Waals surface area (Å²) in [5.74, 6) is -0.343. The Morgan fingerprint density at radius 3 is 2.26 bits per heavy atom. The summed E-state index contributed by atoms with van der Waals surface area (Å²) in [6.45, 7) is 7.11. The third-order valence-electron chi connectivity index (χ3n) is 3.19. The lowest BCUT2D eigenvalue weighted by atomic mass is 9.97. The Hall–Kier alpha value is -1.08. The average Bonchev–Trinajstić information content (AvgIpc) is 2.58. The van der Waals surface area contributed by atoms with Crippen LogP contribution in [-0.2, 0) is 6.54 Å². The second kappa shape index (κ2) is 5.92. The summed E-state index contributed by atoms with van der Waals surface area (Å²) < 4.78 is 37.7. The van der Waals surface area contributed by atoms with Crippen LogP contribution in [0.3, 0.4) is 0 Å². The number of halogens is 3. The number of aliphatic hydroxyl groups is 1. The fourth-order valence-corrected chi connectivity index (χ4v) is 1.97. The molecule has 0 unspecified atom stereocenters. The van der Waals surface area contributed by atoms with Crippen LogP contribution in [0.25, 0.3) is 0 Å². The molecule has 110 valence electrons. The van der Waals surface area contributed by atoms with Gasteiger partial charge in [0.1, 0.15) is 0 Å². The molecule has 1 aromatic rings. The fourth-order valence-electron chi connectivity index (χ4n) is 1.97. The van der Waals surface area contributed by atoms with Gasteiger partial charge in [-0.2, -0.15) is 18.3 Å². The smallest absolute Gasteiger partial charge is 0.382 e. The van der Waals surface area contributed by atoms with Gasteiger partial charge in [-0.3, -0.25) is 5.10 Å². The predicted octanol–water partition coefficient (Wildman–Crippen LogP) is 2.06. The van der Waals surface area contributed by atoms with Crippen LogP contribution in [0.1, 0.15) is 30.8 Å². The molecule has 3 N–H and O–H groups in total. The summed E-state index contributed by atoms with van der Waals surface area (Å²) in [5, 5.41) is 18.9. The summed E-state index contributed by atoms with van der Waals surface area (Å²) in [6.07, 6.45) is -7.00. The molecule has 0 aliphatic rings. The molecule has 0 aliphatic heterocycles. The molecule has 7 heteroatoms. The van der Waals surface area contributed by atoms with Crippen LogP contribution < -0.4 is 5.32 Å². The first-order chi connectivity index (χ1) is 8.64. The number of nitrogens with zero attached hydrogens (tertiary/aromatic N) is 1. The van der Waals surface area contributed by atoms with Crippen LogP contribution >= 0.6 is 0 Å². The molecule has 0 bridgehead atoms. The van der Waals surface area contributed by atoms with E-state index in [0.29, 0.717) is 0 Å². The molecule has 1 rings (SSSR count). The minimum absolute atomic E-state index is 0.240. The molecular weight excluding hydrogens is 259 g/mol. The molecule has 0 fully saturated rings. The lowest BCUT2D eigenvalue weighted by Crippen LogP contribution is -2.50. The van der Waals surface area contributed by atoms with Gasteiger partial charge < -0.3 is 10.4 Å². The first kappa shape index (κ1) is 16.0. The quantitative estimate of drug-likeness (QED) is 0.773. The standard InChI is InChI=1S/C12H20F3N3O/c1-6(2)10(11(19)12(13,14)15)16-5-9-7(3)17-18-8(9)4/h6,10-11,16,19H,5H2,1-4H3,(H,17,18)/t10-,11-/m0/s1. The van der Waals surface area contributed by atoms with Crippen molar-refractivity contribution in [3.8, 4) is 0 Å². The molecule has 0 amide bonds. The van der Waals surface area contributed by atoms with Gasteiger partial charge in [-0.25, -0.2) is 0 Å². The Balaban J connectivity index is 2.76. The monoisotopic (exact) mass is 279 g/mol. The van der Waals surface area contributed by atoms with Gasteiger partial charge in [0.15, 0.2) is 6.10 Å². The molecule has 0 spiro atoms. The van der Waals surface area contributed by atoms with E-state index in [0.717, 1.165) is 17.0 Å². The Kier molecular flexibility index (Phi) is 4.98. The molecule has 1 aromatic heterocycles. The molecule has 0 saturated heterocycles. The van der Waals surface area contributed by atoms with Crippen molar-refractivity contribution in [2.75, 3.05) is 0 Å². The zero-order chi connectivity index (χ0) is 14.8. The second-order valence-electron chi connectivity index (χ2n) is 5.05. The van der Waals surface area contributed by atoms with Crippen LogP contribution in [0.5, 0.6) is 0 Å². The van der Waals surface area contributed by atoms with E-state index in [9.17, 15) is 18.3 Å². The summed E-state index contributed by atoms with van der Waals surface area (Å²) in [5.41, 5.74) is 2.39. The number of hydrogen-bond donors (Lipinski definition) is 3. The average molecular weight is 279 g/mol. The molecule has 2 atom stereocenters. The number of nitrogens with one attached hydrogen (secondary N) is 2. The highest BCUT2D eigenvalue weighted by Gasteiger charge is 2.44.